The van der Waals surface area contributed by atoms with E-state index in [1.165, 1.54) is 21.1 Å². The Kier molecular flexibility index (Phi) is 6.58. The van der Waals surface area contributed by atoms with E-state index in [0.29, 0.717) is 22.6 Å². The molecule has 0 fully saturated rings. The van der Waals surface area contributed by atoms with Gasteiger partial charge in [0.15, 0.2) is 4.21 Å². The second kappa shape index (κ2) is 8.51. The number of carbonyl (C=O) groups is 2. The van der Waals surface area contributed by atoms with Crippen molar-refractivity contribution in [1.82, 2.24) is 4.72 Å². The SMILES string of the molecule is COC(=O)c1sc(S(=O)(=O)NCc2cccc(OC)c2)c(C(=O)OC)c1C. The number of methoxy groups -OCH3 is 3. The van der Waals surface area contributed by atoms with E-state index in [2.05, 4.69) is 14.2 Å². The van der Waals surface area contributed by atoms with Gasteiger partial charge >= 0.3 is 11.9 Å². The molecular weight excluding hydrogens is 394 g/mol. The highest BCUT2D eigenvalue weighted by atomic mass is 32.2. The molecule has 10 heteroatoms. The third-order valence-electron chi connectivity index (χ3n) is 3.72. The molecule has 0 aliphatic carbocycles. The summed E-state index contributed by atoms with van der Waals surface area (Å²) < 4.78 is 42.1. The molecule has 1 aromatic heterocycles. The average molecular weight is 413 g/mol. The fraction of sp³-hybridized carbons (Fsp3) is 0.294. The molecule has 0 aliphatic heterocycles. The van der Waals surface area contributed by atoms with Crippen LogP contribution in [0.1, 0.15) is 31.2 Å². The summed E-state index contributed by atoms with van der Waals surface area (Å²) in [4.78, 5) is 24.0. The lowest BCUT2D eigenvalue weighted by molar-refractivity contribution is 0.0596. The zero-order chi connectivity index (χ0) is 20.2. The molecule has 27 heavy (non-hydrogen) atoms. The third kappa shape index (κ3) is 4.46. The lowest BCUT2D eigenvalue weighted by Gasteiger charge is -2.08. The molecule has 0 amide bonds. The van der Waals surface area contributed by atoms with Crippen LogP contribution in [0.25, 0.3) is 0 Å². The van der Waals surface area contributed by atoms with Gasteiger partial charge in [-0.2, -0.15) is 0 Å². The van der Waals surface area contributed by atoms with Gasteiger partial charge in [-0.1, -0.05) is 12.1 Å². The van der Waals surface area contributed by atoms with E-state index in [-0.39, 0.29) is 26.8 Å². The molecule has 0 saturated heterocycles. The van der Waals surface area contributed by atoms with Crippen molar-refractivity contribution < 1.29 is 32.2 Å². The van der Waals surface area contributed by atoms with Gasteiger partial charge in [0, 0.05) is 6.54 Å². The molecule has 0 aliphatic rings. The van der Waals surface area contributed by atoms with Crippen molar-refractivity contribution in [1.29, 1.82) is 0 Å². The van der Waals surface area contributed by atoms with Crippen LogP contribution in [0.5, 0.6) is 5.75 Å². The molecule has 0 bridgehead atoms. The molecule has 1 aromatic carbocycles. The molecule has 1 heterocycles. The second-order valence-corrected chi connectivity index (χ2v) is 8.36. The van der Waals surface area contributed by atoms with Gasteiger partial charge in [0.1, 0.15) is 10.6 Å². The predicted molar refractivity (Wildman–Crippen MR) is 98.8 cm³/mol. The Bertz CT molecular complexity index is 964. The van der Waals surface area contributed by atoms with E-state index in [4.69, 9.17) is 4.74 Å². The van der Waals surface area contributed by atoms with Gasteiger partial charge < -0.3 is 14.2 Å². The van der Waals surface area contributed by atoms with Crippen LogP contribution >= 0.6 is 11.3 Å². The highest BCUT2D eigenvalue weighted by Gasteiger charge is 2.32. The zero-order valence-electron chi connectivity index (χ0n) is 15.2. The molecule has 0 saturated carbocycles. The molecule has 0 atom stereocenters. The summed E-state index contributed by atoms with van der Waals surface area (Å²) in [6, 6.07) is 6.88. The van der Waals surface area contributed by atoms with Crippen molar-refractivity contribution in [2.24, 2.45) is 0 Å². The average Bonchev–Trinajstić information content (AvgIpc) is 3.03. The molecule has 2 aromatic rings. The number of esters is 2. The van der Waals surface area contributed by atoms with Gasteiger partial charge in [0.2, 0.25) is 0 Å². The summed E-state index contributed by atoms with van der Waals surface area (Å²) in [6.07, 6.45) is 0. The first-order valence-electron chi connectivity index (χ1n) is 7.67. The Labute approximate surface area is 161 Å². The van der Waals surface area contributed by atoms with Crippen LogP contribution in [-0.2, 0) is 26.0 Å². The summed E-state index contributed by atoms with van der Waals surface area (Å²) in [5, 5.41) is 0. The maximum Gasteiger partial charge on any atom is 0.348 e. The minimum Gasteiger partial charge on any atom is -0.497 e. The standard InChI is InChI=1S/C17H19NO7S2/c1-10-13(15(19)24-3)17(26-14(10)16(20)25-4)27(21,22)18-9-11-6-5-7-12(8-11)23-2/h5-8,18H,9H2,1-4H3. The molecule has 0 radical (unpaired) electrons. The van der Waals surface area contributed by atoms with Crippen LogP contribution in [0.4, 0.5) is 0 Å². The van der Waals surface area contributed by atoms with Crippen LogP contribution < -0.4 is 9.46 Å². The Balaban J connectivity index is 2.41. The van der Waals surface area contributed by atoms with Gasteiger partial charge in [-0.25, -0.2) is 22.7 Å². The largest absolute Gasteiger partial charge is 0.497 e. The summed E-state index contributed by atoms with van der Waals surface area (Å²) in [7, 11) is -0.268. The molecule has 0 spiro atoms. The second-order valence-electron chi connectivity index (χ2n) is 5.38. The van der Waals surface area contributed by atoms with E-state index in [1.807, 2.05) is 0 Å². The van der Waals surface area contributed by atoms with Gasteiger partial charge in [0.25, 0.3) is 10.0 Å². The molecule has 146 valence electrons. The lowest BCUT2D eigenvalue weighted by Crippen LogP contribution is -2.24. The molecule has 2 rings (SSSR count). The highest BCUT2D eigenvalue weighted by molar-refractivity contribution is 7.91. The zero-order valence-corrected chi connectivity index (χ0v) is 16.8. The first-order chi connectivity index (χ1) is 12.7. The molecule has 0 unspecified atom stereocenters. The van der Waals surface area contributed by atoms with Gasteiger partial charge in [-0.05, 0) is 30.2 Å². The Morgan fingerprint density at radius 3 is 2.37 bits per heavy atom. The number of nitrogens with one attached hydrogen (secondary N) is 1. The van der Waals surface area contributed by atoms with E-state index in [9.17, 15) is 18.0 Å². The van der Waals surface area contributed by atoms with Crippen molar-refractivity contribution in [3.05, 3.63) is 45.8 Å². The number of hydrogen-bond acceptors (Lipinski definition) is 8. The summed E-state index contributed by atoms with van der Waals surface area (Å²) in [5.74, 6) is -0.987. The monoisotopic (exact) mass is 413 g/mol. The van der Waals surface area contributed by atoms with Crippen molar-refractivity contribution >= 4 is 33.3 Å². The summed E-state index contributed by atoms with van der Waals surface area (Å²) in [6.45, 7) is 1.45. The predicted octanol–water partition coefficient (Wildman–Crippen LogP) is 2.12. The van der Waals surface area contributed by atoms with Crippen LogP contribution in [0.2, 0.25) is 0 Å². The number of rotatable bonds is 7. The fourth-order valence-electron chi connectivity index (χ4n) is 2.33. The number of carbonyl (C=O) groups excluding carboxylic acids is 2. The van der Waals surface area contributed by atoms with Crippen LogP contribution in [0.3, 0.4) is 0 Å². The number of thiophene rings is 1. The maximum absolute atomic E-state index is 12.8. The smallest absolute Gasteiger partial charge is 0.348 e. The van der Waals surface area contributed by atoms with Crippen molar-refractivity contribution in [2.75, 3.05) is 21.3 Å². The number of hydrogen-bond donors (Lipinski definition) is 1. The number of benzene rings is 1. The summed E-state index contributed by atoms with van der Waals surface area (Å²) in [5.41, 5.74) is 0.681. The Morgan fingerprint density at radius 2 is 1.78 bits per heavy atom. The molecular formula is C17H19NO7S2. The normalized spacial score (nSPS) is 11.1. The van der Waals surface area contributed by atoms with E-state index in [0.717, 1.165) is 7.11 Å². The number of sulfonamides is 1. The third-order valence-corrected chi connectivity index (χ3v) is 6.91. The quantitative estimate of drug-likeness (QED) is 0.693. The Hall–Kier alpha value is -2.43. The van der Waals surface area contributed by atoms with E-state index < -0.39 is 22.0 Å². The highest BCUT2D eigenvalue weighted by Crippen LogP contribution is 2.33. The maximum atomic E-state index is 12.8. The van der Waals surface area contributed by atoms with Crippen LogP contribution in [-0.4, -0.2) is 41.7 Å². The van der Waals surface area contributed by atoms with Gasteiger partial charge in [-0.15, -0.1) is 11.3 Å². The lowest BCUT2D eigenvalue weighted by atomic mass is 10.2. The van der Waals surface area contributed by atoms with E-state index in [1.54, 1.807) is 24.3 Å². The first-order valence-corrected chi connectivity index (χ1v) is 9.97. The van der Waals surface area contributed by atoms with Crippen molar-refractivity contribution in [2.45, 2.75) is 17.7 Å². The van der Waals surface area contributed by atoms with Crippen molar-refractivity contribution in [3.8, 4) is 5.75 Å². The van der Waals surface area contributed by atoms with Crippen molar-refractivity contribution in [3.63, 3.8) is 0 Å². The number of ether oxygens (including phenoxy) is 3. The first kappa shape index (κ1) is 20.9. The van der Waals surface area contributed by atoms with Crippen LogP contribution in [0.15, 0.2) is 28.5 Å². The topological polar surface area (TPSA) is 108 Å². The Morgan fingerprint density at radius 1 is 1.11 bits per heavy atom. The minimum absolute atomic E-state index is 0.0232. The summed E-state index contributed by atoms with van der Waals surface area (Å²) >= 11 is 0.662. The molecule has 1 N–H and O–H groups in total. The minimum atomic E-state index is -4.09. The fourth-order valence-corrected chi connectivity index (χ4v) is 5.13. The van der Waals surface area contributed by atoms with Gasteiger partial charge in [0.05, 0.1) is 26.9 Å². The van der Waals surface area contributed by atoms with Crippen LogP contribution in [0, 0.1) is 6.92 Å². The van der Waals surface area contributed by atoms with E-state index >= 15 is 0 Å². The van der Waals surface area contributed by atoms with Gasteiger partial charge in [-0.3, -0.25) is 0 Å². The molecule has 8 nitrogen and oxygen atoms in total.